The molecule has 0 bridgehead atoms. The largest absolute Gasteiger partial charge is 0.495 e. The van der Waals surface area contributed by atoms with Gasteiger partial charge in [0.1, 0.15) is 10.8 Å². The van der Waals surface area contributed by atoms with Crippen LogP contribution in [0.5, 0.6) is 5.75 Å². The minimum absolute atomic E-state index is 0.0158. The number of nitrogens with zero attached hydrogens (tertiary/aromatic N) is 3. The van der Waals surface area contributed by atoms with Gasteiger partial charge in [-0.3, -0.25) is 9.78 Å². The van der Waals surface area contributed by atoms with Crippen molar-refractivity contribution in [3.63, 3.8) is 0 Å². The molecule has 1 atom stereocenters. The molecule has 3 heterocycles. The minimum Gasteiger partial charge on any atom is -0.495 e. The summed E-state index contributed by atoms with van der Waals surface area (Å²) in [6.07, 6.45) is 4.66. The maximum Gasteiger partial charge on any atom is 0.226 e. The number of pyridine rings is 1. The van der Waals surface area contributed by atoms with Crippen molar-refractivity contribution in [2.24, 2.45) is 0 Å². The van der Waals surface area contributed by atoms with Crippen molar-refractivity contribution in [1.82, 2.24) is 15.3 Å². The van der Waals surface area contributed by atoms with Crippen LogP contribution < -0.4 is 15.0 Å². The summed E-state index contributed by atoms with van der Waals surface area (Å²) in [4.78, 5) is 23.4. The molecule has 0 spiro atoms. The second-order valence-electron chi connectivity index (χ2n) is 6.88. The lowest BCUT2D eigenvalue weighted by atomic mass is 10.2. The predicted octanol–water partition coefficient (Wildman–Crippen LogP) is 3.80. The number of aromatic nitrogens is 2. The molecule has 1 amide bonds. The maximum absolute atomic E-state index is 12.5. The second-order valence-corrected chi connectivity index (χ2v) is 8.17. The monoisotopic (exact) mass is 428 g/mol. The van der Waals surface area contributed by atoms with Gasteiger partial charge in [-0.25, -0.2) is 4.98 Å². The van der Waals surface area contributed by atoms with Crippen molar-refractivity contribution in [1.29, 1.82) is 0 Å². The first kappa shape index (κ1) is 19.7. The van der Waals surface area contributed by atoms with Crippen LogP contribution in [0.4, 0.5) is 5.69 Å². The van der Waals surface area contributed by atoms with E-state index < -0.39 is 0 Å². The molecule has 1 saturated heterocycles. The van der Waals surface area contributed by atoms with Gasteiger partial charge in [0.2, 0.25) is 5.91 Å². The molecule has 1 aliphatic rings. The van der Waals surface area contributed by atoms with Crippen molar-refractivity contribution in [3.05, 3.63) is 58.8 Å². The van der Waals surface area contributed by atoms with Crippen molar-refractivity contribution in [2.75, 3.05) is 25.1 Å². The van der Waals surface area contributed by atoms with Gasteiger partial charge in [-0.15, -0.1) is 11.3 Å². The highest BCUT2D eigenvalue weighted by Gasteiger charge is 2.26. The number of carbonyl (C=O) groups is 1. The van der Waals surface area contributed by atoms with Crippen molar-refractivity contribution >= 4 is 34.5 Å². The summed E-state index contributed by atoms with van der Waals surface area (Å²) in [6.45, 7) is 1.56. The lowest BCUT2D eigenvalue weighted by Crippen LogP contribution is -2.38. The van der Waals surface area contributed by atoms with Crippen molar-refractivity contribution < 1.29 is 9.53 Å². The zero-order valence-corrected chi connectivity index (χ0v) is 17.5. The van der Waals surface area contributed by atoms with Gasteiger partial charge < -0.3 is 15.0 Å². The van der Waals surface area contributed by atoms with E-state index in [4.69, 9.17) is 16.3 Å². The zero-order valence-electron chi connectivity index (χ0n) is 16.0. The molecule has 1 fully saturated rings. The Kier molecular flexibility index (Phi) is 5.97. The Balaban J connectivity index is 1.34. The Morgan fingerprint density at radius 3 is 3.10 bits per heavy atom. The Hall–Kier alpha value is -2.64. The van der Waals surface area contributed by atoms with E-state index in [9.17, 15) is 4.79 Å². The van der Waals surface area contributed by atoms with Crippen LogP contribution in [-0.4, -0.2) is 42.1 Å². The van der Waals surface area contributed by atoms with Crippen LogP contribution in [0.2, 0.25) is 5.02 Å². The van der Waals surface area contributed by atoms with Gasteiger partial charge in [-0.05, 0) is 36.8 Å². The van der Waals surface area contributed by atoms with Crippen LogP contribution in [0.15, 0.2) is 48.1 Å². The van der Waals surface area contributed by atoms with Crippen LogP contribution in [0.3, 0.4) is 0 Å². The van der Waals surface area contributed by atoms with E-state index in [2.05, 4.69) is 20.2 Å². The van der Waals surface area contributed by atoms with Gasteiger partial charge >= 0.3 is 0 Å². The van der Waals surface area contributed by atoms with E-state index in [0.717, 1.165) is 47.2 Å². The highest BCUT2D eigenvalue weighted by atomic mass is 35.5. The summed E-state index contributed by atoms with van der Waals surface area (Å²) in [5, 5.41) is 6.60. The number of rotatable bonds is 6. The Morgan fingerprint density at radius 2 is 2.31 bits per heavy atom. The molecule has 8 heteroatoms. The fraction of sp³-hybridized carbons (Fsp3) is 0.286. The van der Waals surface area contributed by atoms with Crippen LogP contribution in [0.25, 0.3) is 10.6 Å². The fourth-order valence-electron chi connectivity index (χ4n) is 3.46. The molecule has 0 radical (unpaired) electrons. The van der Waals surface area contributed by atoms with Gasteiger partial charge in [0.25, 0.3) is 0 Å². The Morgan fingerprint density at radius 1 is 1.41 bits per heavy atom. The van der Waals surface area contributed by atoms with E-state index in [-0.39, 0.29) is 18.4 Å². The highest BCUT2D eigenvalue weighted by molar-refractivity contribution is 7.13. The standard InChI is InChI=1S/C21H21ClN4O2S/c1-28-19-5-4-15(22)9-18(19)26-8-6-16(12-26)24-20(27)10-17-13-29-21(25-17)14-3-2-7-23-11-14/h2-5,7,9,11,13,16H,6,8,10,12H2,1H3,(H,24,27). The normalized spacial score (nSPS) is 16.1. The molecule has 2 aromatic heterocycles. The number of ether oxygens (including phenoxy) is 1. The number of hydrogen-bond donors (Lipinski definition) is 1. The number of carbonyl (C=O) groups excluding carboxylic acids is 1. The molecule has 1 N–H and O–H groups in total. The predicted molar refractivity (Wildman–Crippen MR) is 116 cm³/mol. The van der Waals surface area contributed by atoms with Crippen molar-refractivity contribution in [3.8, 4) is 16.3 Å². The molecule has 0 aliphatic carbocycles. The quantitative estimate of drug-likeness (QED) is 0.646. The number of methoxy groups -OCH3 is 1. The average Bonchev–Trinajstić information content (AvgIpc) is 3.38. The topological polar surface area (TPSA) is 67.3 Å². The van der Waals surface area contributed by atoms with Gasteiger partial charge in [0, 0.05) is 47.5 Å². The third-order valence-electron chi connectivity index (χ3n) is 4.84. The number of hydrogen-bond acceptors (Lipinski definition) is 6. The number of anilines is 1. The van der Waals surface area contributed by atoms with E-state index in [1.165, 1.54) is 11.3 Å². The van der Waals surface area contributed by atoms with E-state index in [0.29, 0.717) is 5.02 Å². The van der Waals surface area contributed by atoms with Crippen LogP contribution in [0, 0.1) is 0 Å². The SMILES string of the molecule is COc1ccc(Cl)cc1N1CCC(NC(=O)Cc2csc(-c3cccnc3)n2)C1. The Labute approximate surface area is 178 Å². The van der Waals surface area contributed by atoms with E-state index in [1.54, 1.807) is 19.5 Å². The van der Waals surface area contributed by atoms with Gasteiger partial charge in [0.15, 0.2) is 0 Å². The maximum atomic E-state index is 12.5. The van der Waals surface area contributed by atoms with Crippen molar-refractivity contribution in [2.45, 2.75) is 18.9 Å². The molecule has 0 saturated carbocycles. The van der Waals surface area contributed by atoms with Crippen LogP contribution >= 0.6 is 22.9 Å². The second kappa shape index (κ2) is 8.80. The third-order valence-corrected chi connectivity index (χ3v) is 6.01. The third kappa shape index (κ3) is 4.68. The van der Waals surface area contributed by atoms with Crippen LogP contribution in [-0.2, 0) is 11.2 Å². The number of amides is 1. The summed E-state index contributed by atoms with van der Waals surface area (Å²) >= 11 is 7.67. The first-order valence-electron chi connectivity index (χ1n) is 9.35. The molecule has 1 unspecified atom stereocenters. The summed E-state index contributed by atoms with van der Waals surface area (Å²) in [6, 6.07) is 9.51. The van der Waals surface area contributed by atoms with Gasteiger partial charge in [-0.2, -0.15) is 0 Å². The summed E-state index contributed by atoms with van der Waals surface area (Å²) < 4.78 is 5.45. The van der Waals surface area contributed by atoms with Gasteiger partial charge in [0.05, 0.1) is 24.9 Å². The highest BCUT2D eigenvalue weighted by Crippen LogP contribution is 2.33. The molecule has 6 nitrogen and oxygen atoms in total. The minimum atomic E-state index is -0.0158. The lowest BCUT2D eigenvalue weighted by molar-refractivity contribution is -0.121. The fourth-order valence-corrected chi connectivity index (χ4v) is 4.44. The van der Waals surface area contributed by atoms with Crippen LogP contribution in [0.1, 0.15) is 12.1 Å². The van der Waals surface area contributed by atoms with Gasteiger partial charge in [-0.1, -0.05) is 11.6 Å². The first-order chi connectivity index (χ1) is 14.1. The molecule has 4 rings (SSSR count). The smallest absolute Gasteiger partial charge is 0.226 e. The van der Waals surface area contributed by atoms with E-state index >= 15 is 0 Å². The summed E-state index contributed by atoms with van der Waals surface area (Å²) in [5.41, 5.74) is 2.70. The lowest BCUT2D eigenvalue weighted by Gasteiger charge is -2.21. The molecule has 150 valence electrons. The molecule has 1 aromatic carbocycles. The Bertz CT molecular complexity index is 995. The molecule has 3 aromatic rings. The number of nitrogens with one attached hydrogen (secondary N) is 1. The molecular formula is C21H21ClN4O2S. The summed E-state index contributed by atoms with van der Waals surface area (Å²) in [7, 11) is 1.65. The van der Waals surface area contributed by atoms with E-state index in [1.807, 2.05) is 35.7 Å². The molecular weight excluding hydrogens is 408 g/mol. The first-order valence-corrected chi connectivity index (χ1v) is 10.6. The summed E-state index contributed by atoms with van der Waals surface area (Å²) in [5.74, 6) is 0.768. The average molecular weight is 429 g/mol. The number of halogens is 1. The molecule has 1 aliphatic heterocycles. The zero-order chi connectivity index (χ0) is 20.2. The number of thiazole rings is 1. The number of benzene rings is 1. The molecule has 29 heavy (non-hydrogen) atoms.